The lowest BCUT2D eigenvalue weighted by Gasteiger charge is -2.16. The summed E-state index contributed by atoms with van der Waals surface area (Å²) in [5, 5.41) is 0. The average Bonchev–Trinajstić information content (AvgIpc) is 2.62. The molecule has 24 heavy (non-hydrogen) atoms. The highest BCUT2D eigenvalue weighted by Gasteiger charge is 2.10. The van der Waals surface area contributed by atoms with E-state index >= 15 is 0 Å². The van der Waals surface area contributed by atoms with E-state index in [-0.39, 0.29) is 0 Å². The van der Waals surface area contributed by atoms with Crippen molar-refractivity contribution in [3.63, 3.8) is 0 Å². The first-order valence-electron chi connectivity index (χ1n) is 10.5. The molecule has 1 heteroatoms. The Morgan fingerprint density at radius 1 is 0.625 bits per heavy atom. The molecule has 0 heterocycles. The Balaban J connectivity index is 2.32. The van der Waals surface area contributed by atoms with Crippen LogP contribution in [0.25, 0.3) is 0 Å². The van der Waals surface area contributed by atoms with E-state index in [2.05, 4.69) is 32.9 Å². The van der Waals surface area contributed by atoms with Crippen LogP contribution in [0.3, 0.4) is 0 Å². The molecule has 1 aromatic carbocycles. The van der Waals surface area contributed by atoms with Gasteiger partial charge in [0.25, 0.3) is 0 Å². The summed E-state index contributed by atoms with van der Waals surface area (Å²) in [6.45, 7) is 6.84. The number of alkyl halides is 1. The van der Waals surface area contributed by atoms with Crippen molar-refractivity contribution < 1.29 is 0 Å². The summed E-state index contributed by atoms with van der Waals surface area (Å²) in [5.74, 6) is 0.657. The molecule has 0 nitrogen and oxygen atoms in total. The van der Waals surface area contributed by atoms with Crippen LogP contribution in [0.4, 0.5) is 0 Å². The molecule has 0 bridgehead atoms. The summed E-state index contributed by atoms with van der Waals surface area (Å²) in [4.78, 5) is 0. The van der Waals surface area contributed by atoms with E-state index in [4.69, 9.17) is 11.6 Å². The van der Waals surface area contributed by atoms with Gasteiger partial charge in [0.05, 0.1) is 0 Å². The van der Waals surface area contributed by atoms with E-state index in [1.807, 2.05) is 0 Å². The maximum absolute atomic E-state index is 6.19. The summed E-state index contributed by atoms with van der Waals surface area (Å²) in [7, 11) is 0. The Morgan fingerprint density at radius 2 is 1.17 bits per heavy atom. The van der Waals surface area contributed by atoms with Crippen LogP contribution in [-0.2, 0) is 25.1 Å². The predicted octanol–water partition coefficient (Wildman–Crippen LogP) is 8.01. The van der Waals surface area contributed by atoms with Crippen LogP contribution in [0, 0.1) is 0 Å². The van der Waals surface area contributed by atoms with Crippen LogP contribution in [0.5, 0.6) is 0 Å². The normalized spacial score (nSPS) is 11.2. The van der Waals surface area contributed by atoms with Crippen molar-refractivity contribution in [3.05, 3.63) is 34.4 Å². The molecule has 0 amide bonds. The van der Waals surface area contributed by atoms with Crippen LogP contribution < -0.4 is 0 Å². The number of hydrogen-bond acceptors (Lipinski definition) is 0. The molecule has 0 saturated heterocycles. The van der Waals surface area contributed by atoms with Gasteiger partial charge in [0.1, 0.15) is 0 Å². The van der Waals surface area contributed by atoms with E-state index in [1.54, 1.807) is 11.1 Å². The van der Waals surface area contributed by atoms with Gasteiger partial charge < -0.3 is 0 Å². The summed E-state index contributed by atoms with van der Waals surface area (Å²) >= 11 is 6.19. The molecule has 0 aliphatic heterocycles. The van der Waals surface area contributed by atoms with E-state index in [9.17, 15) is 0 Å². The first kappa shape index (κ1) is 21.6. The van der Waals surface area contributed by atoms with Crippen molar-refractivity contribution in [2.45, 2.75) is 110 Å². The Bertz CT molecular complexity index is 436. The average molecular weight is 351 g/mol. The second-order valence-corrected chi connectivity index (χ2v) is 7.38. The molecule has 0 aliphatic carbocycles. The SMILES string of the molecule is CCCCCCCCCCCCc1c(CCl)ccc(CC)c1CC. The Hall–Kier alpha value is -0.490. The third-order valence-electron chi connectivity index (χ3n) is 5.28. The largest absolute Gasteiger partial charge is 0.122 e. The first-order valence-corrected chi connectivity index (χ1v) is 11.0. The zero-order chi connectivity index (χ0) is 17.6. The molecule has 0 unspecified atom stereocenters. The van der Waals surface area contributed by atoms with Crippen LogP contribution in [0.1, 0.15) is 107 Å². The number of aryl methyl sites for hydroxylation is 1. The molecule has 0 fully saturated rings. The van der Waals surface area contributed by atoms with Gasteiger partial charge in [-0.1, -0.05) is 90.7 Å². The fraction of sp³-hybridized carbons (Fsp3) is 0.739. The Labute approximate surface area is 156 Å². The minimum absolute atomic E-state index is 0.657. The molecule has 0 aliphatic rings. The summed E-state index contributed by atoms with van der Waals surface area (Å²) in [5.41, 5.74) is 6.02. The smallest absolute Gasteiger partial charge is 0.0476 e. The van der Waals surface area contributed by atoms with Gasteiger partial charge in [-0.25, -0.2) is 0 Å². The van der Waals surface area contributed by atoms with E-state index in [1.165, 1.54) is 81.8 Å². The van der Waals surface area contributed by atoms with E-state index in [0.29, 0.717) is 5.88 Å². The third kappa shape index (κ3) is 7.60. The van der Waals surface area contributed by atoms with Crippen molar-refractivity contribution in [2.24, 2.45) is 0 Å². The fourth-order valence-corrected chi connectivity index (χ4v) is 4.04. The summed E-state index contributed by atoms with van der Waals surface area (Å²) in [6.07, 6.45) is 17.5. The second-order valence-electron chi connectivity index (χ2n) is 7.11. The standard InChI is InChI=1S/C23H39Cl/c1-4-7-8-9-10-11-12-13-14-15-16-23-21(19-24)18-17-20(5-2)22(23)6-3/h17-18H,4-16,19H2,1-3H3. The van der Waals surface area contributed by atoms with E-state index < -0.39 is 0 Å². The van der Waals surface area contributed by atoms with E-state index in [0.717, 1.165) is 12.8 Å². The van der Waals surface area contributed by atoms with Gasteiger partial charge in [-0.15, -0.1) is 11.6 Å². The highest BCUT2D eigenvalue weighted by molar-refractivity contribution is 6.17. The molecule has 1 aromatic rings. The summed E-state index contributed by atoms with van der Waals surface area (Å²) < 4.78 is 0. The molecule has 0 atom stereocenters. The van der Waals surface area contributed by atoms with Gasteiger partial charge in [-0.05, 0) is 47.9 Å². The van der Waals surface area contributed by atoms with Crippen molar-refractivity contribution in [1.29, 1.82) is 0 Å². The lowest BCUT2D eigenvalue weighted by atomic mass is 9.90. The Morgan fingerprint density at radius 3 is 1.67 bits per heavy atom. The maximum atomic E-state index is 6.19. The highest BCUT2D eigenvalue weighted by Crippen LogP contribution is 2.25. The lowest BCUT2D eigenvalue weighted by molar-refractivity contribution is 0.556. The van der Waals surface area contributed by atoms with Gasteiger partial charge in [0.2, 0.25) is 0 Å². The van der Waals surface area contributed by atoms with Crippen LogP contribution in [0.2, 0.25) is 0 Å². The van der Waals surface area contributed by atoms with Gasteiger partial charge in [0, 0.05) is 5.88 Å². The van der Waals surface area contributed by atoms with Crippen molar-refractivity contribution >= 4 is 11.6 Å². The van der Waals surface area contributed by atoms with Crippen molar-refractivity contribution in [2.75, 3.05) is 0 Å². The zero-order valence-corrected chi connectivity index (χ0v) is 17.2. The lowest BCUT2D eigenvalue weighted by Crippen LogP contribution is -2.03. The monoisotopic (exact) mass is 350 g/mol. The van der Waals surface area contributed by atoms with Gasteiger partial charge in [0.15, 0.2) is 0 Å². The number of unbranched alkanes of at least 4 members (excludes halogenated alkanes) is 9. The van der Waals surface area contributed by atoms with Crippen molar-refractivity contribution in [3.8, 4) is 0 Å². The minimum Gasteiger partial charge on any atom is -0.122 e. The number of halogens is 1. The quantitative estimate of drug-likeness (QED) is 0.235. The molecular formula is C23H39Cl. The number of hydrogen-bond donors (Lipinski definition) is 0. The van der Waals surface area contributed by atoms with Crippen molar-refractivity contribution in [1.82, 2.24) is 0 Å². The molecule has 0 N–H and O–H groups in total. The van der Waals surface area contributed by atoms with Gasteiger partial charge in [-0.2, -0.15) is 0 Å². The third-order valence-corrected chi connectivity index (χ3v) is 5.57. The molecular weight excluding hydrogens is 312 g/mol. The first-order chi connectivity index (χ1) is 11.8. The van der Waals surface area contributed by atoms with Crippen LogP contribution in [-0.4, -0.2) is 0 Å². The molecule has 0 aromatic heterocycles. The Kier molecular flexibility index (Phi) is 12.4. The maximum Gasteiger partial charge on any atom is 0.0476 e. The van der Waals surface area contributed by atoms with Crippen LogP contribution in [0.15, 0.2) is 12.1 Å². The molecule has 0 saturated carbocycles. The number of benzene rings is 1. The topological polar surface area (TPSA) is 0 Å². The minimum atomic E-state index is 0.657. The fourth-order valence-electron chi connectivity index (χ4n) is 3.79. The number of rotatable bonds is 14. The molecule has 138 valence electrons. The molecule has 1 rings (SSSR count). The molecule has 0 spiro atoms. The second kappa shape index (κ2) is 13.8. The summed E-state index contributed by atoms with van der Waals surface area (Å²) in [6, 6.07) is 4.55. The zero-order valence-electron chi connectivity index (χ0n) is 16.4. The highest BCUT2D eigenvalue weighted by atomic mass is 35.5. The predicted molar refractivity (Wildman–Crippen MR) is 110 cm³/mol. The van der Waals surface area contributed by atoms with Gasteiger partial charge in [-0.3, -0.25) is 0 Å². The molecule has 0 radical (unpaired) electrons. The van der Waals surface area contributed by atoms with Gasteiger partial charge >= 0.3 is 0 Å². The van der Waals surface area contributed by atoms with Crippen LogP contribution >= 0.6 is 11.6 Å².